The van der Waals surface area contributed by atoms with Gasteiger partial charge in [0.2, 0.25) is 5.91 Å². The number of unbranched alkanes of at least 4 members (excludes halogenated alkanes) is 1. The minimum Gasteiger partial charge on any atom is -0.493 e. The summed E-state index contributed by atoms with van der Waals surface area (Å²) in [6.07, 6.45) is 6.45. The lowest BCUT2D eigenvalue weighted by molar-refractivity contribution is -0.136. The molecule has 2 aromatic carbocycles. The normalized spacial score (nSPS) is 19.4. The Hall–Kier alpha value is -3.02. The number of hydrogen-bond donors (Lipinski definition) is 1. The number of methoxy groups -OCH3 is 2. The van der Waals surface area contributed by atoms with E-state index in [2.05, 4.69) is 23.2 Å². The molecule has 1 aliphatic heterocycles. The Balaban J connectivity index is 1.78. The Labute approximate surface area is 202 Å². The summed E-state index contributed by atoms with van der Waals surface area (Å²) in [6, 6.07) is 12.0. The number of nitrogens with zero attached hydrogens (tertiary/aromatic N) is 1. The summed E-state index contributed by atoms with van der Waals surface area (Å²) in [5.41, 5.74) is 3.89. The molecule has 1 saturated carbocycles. The van der Waals surface area contributed by atoms with Crippen LogP contribution >= 0.6 is 0 Å². The minimum atomic E-state index is -0.238. The number of rotatable bonds is 9. The second kappa shape index (κ2) is 10.5. The van der Waals surface area contributed by atoms with E-state index in [0.717, 1.165) is 49.7 Å². The number of carbonyl (C=O) groups is 2. The van der Waals surface area contributed by atoms with Gasteiger partial charge in [0.25, 0.3) is 5.91 Å². The van der Waals surface area contributed by atoms with Crippen molar-refractivity contribution in [2.75, 3.05) is 14.2 Å². The van der Waals surface area contributed by atoms with Crippen molar-refractivity contribution in [2.24, 2.45) is 0 Å². The van der Waals surface area contributed by atoms with Gasteiger partial charge in [-0.15, -0.1) is 0 Å². The van der Waals surface area contributed by atoms with E-state index in [-0.39, 0.29) is 23.9 Å². The van der Waals surface area contributed by atoms with Gasteiger partial charge in [-0.25, -0.2) is 0 Å². The maximum Gasteiger partial charge on any atom is 0.251 e. The molecule has 34 heavy (non-hydrogen) atoms. The first-order valence-electron chi connectivity index (χ1n) is 12.5. The van der Waals surface area contributed by atoms with Gasteiger partial charge in [-0.1, -0.05) is 38.8 Å². The highest BCUT2D eigenvalue weighted by Crippen LogP contribution is 2.44. The first-order chi connectivity index (χ1) is 16.5. The number of carbonyl (C=O) groups excluding carboxylic acids is 2. The van der Waals surface area contributed by atoms with Crippen molar-refractivity contribution >= 4 is 11.8 Å². The van der Waals surface area contributed by atoms with Crippen molar-refractivity contribution in [3.05, 3.63) is 58.7 Å². The molecule has 1 fully saturated rings. The molecule has 2 atom stereocenters. The van der Waals surface area contributed by atoms with E-state index in [1.165, 1.54) is 5.56 Å². The highest BCUT2D eigenvalue weighted by molar-refractivity contribution is 5.94. The van der Waals surface area contributed by atoms with Crippen molar-refractivity contribution in [1.82, 2.24) is 10.2 Å². The van der Waals surface area contributed by atoms with Crippen molar-refractivity contribution < 1.29 is 19.1 Å². The van der Waals surface area contributed by atoms with E-state index in [1.54, 1.807) is 14.2 Å². The number of fused-ring (bicyclic) bond motifs is 1. The van der Waals surface area contributed by atoms with Crippen LogP contribution in [0.25, 0.3) is 0 Å². The second-order valence-electron chi connectivity index (χ2n) is 9.33. The van der Waals surface area contributed by atoms with Crippen LogP contribution in [0.4, 0.5) is 0 Å². The van der Waals surface area contributed by atoms with Crippen LogP contribution in [0, 0.1) is 0 Å². The maximum atomic E-state index is 13.3. The molecule has 1 heterocycles. The predicted molar refractivity (Wildman–Crippen MR) is 132 cm³/mol. The highest BCUT2D eigenvalue weighted by atomic mass is 16.5. The molecule has 0 unspecified atom stereocenters. The summed E-state index contributed by atoms with van der Waals surface area (Å²) in [6.45, 7) is 4.10. The van der Waals surface area contributed by atoms with Gasteiger partial charge < -0.3 is 19.7 Å². The summed E-state index contributed by atoms with van der Waals surface area (Å²) >= 11 is 0. The molecule has 1 aliphatic carbocycles. The van der Waals surface area contributed by atoms with Crippen LogP contribution < -0.4 is 14.8 Å². The Bertz CT molecular complexity index is 1030. The molecule has 6 heteroatoms. The molecule has 1 N–H and O–H groups in total. The van der Waals surface area contributed by atoms with Crippen molar-refractivity contribution in [3.63, 3.8) is 0 Å². The molecule has 182 valence electrons. The summed E-state index contributed by atoms with van der Waals surface area (Å²) in [5, 5.41) is 3.05. The van der Waals surface area contributed by atoms with Crippen molar-refractivity contribution in [1.29, 1.82) is 0 Å². The lowest BCUT2D eigenvalue weighted by atomic mass is 9.82. The van der Waals surface area contributed by atoms with E-state index >= 15 is 0 Å². The van der Waals surface area contributed by atoms with Crippen molar-refractivity contribution in [2.45, 2.75) is 76.9 Å². The lowest BCUT2D eigenvalue weighted by Crippen LogP contribution is -2.47. The third-order valence-electron chi connectivity index (χ3n) is 6.95. The number of amides is 2. The van der Waals surface area contributed by atoms with Gasteiger partial charge in [0.15, 0.2) is 11.5 Å². The first kappa shape index (κ1) is 24.1. The van der Waals surface area contributed by atoms with E-state index in [4.69, 9.17) is 9.47 Å². The Morgan fingerprint density at radius 3 is 2.29 bits per heavy atom. The van der Waals surface area contributed by atoms with E-state index in [9.17, 15) is 9.59 Å². The van der Waals surface area contributed by atoms with E-state index in [1.807, 2.05) is 37.3 Å². The Morgan fingerprint density at radius 1 is 1.03 bits per heavy atom. The molecule has 0 saturated heterocycles. The fourth-order valence-electron chi connectivity index (χ4n) is 4.95. The van der Waals surface area contributed by atoms with Crippen LogP contribution in [0.2, 0.25) is 0 Å². The van der Waals surface area contributed by atoms with Gasteiger partial charge in [-0.2, -0.15) is 0 Å². The molecule has 0 bridgehead atoms. The first-order valence-corrected chi connectivity index (χ1v) is 12.5. The monoisotopic (exact) mass is 464 g/mol. The van der Waals surface area contributed by atoms with Gasteiger partial charge in [0, 0.05) is 24.1 Å². The van der Waals surface area contributed by atoms with Gasteiger partial charge in [0.1, 0.15) is 0 Å². The van der Waals surface area contributed by atoms with Gasteiger partial charge in [-0.3, -0.25) is 9.59 Å². The summed E-state index contributed by atoms with van der Waals surface area (Å²) in [4.78, 5) is 27.9. The predicted octanol–water partition coefficient (Wildman–Crippen LogP) is 5.04. The van der Waals surface area contributed by atoms with Crippen LogP contribution in [-0.2, 0) is 11.2 Å². The molecular weight excluding hydrogens is 428 g/mol. The molecular formula is C28H36N2O4. The average molecular weight is 465 g/mol. The quantitative estimate of drug-likeness (QED) is 0.565. The molecule has 2 aliphatic rings. The van der Waals surface area contributed by atoms with Gasteiger partial charge in [-0.05, 0) is 66.6 Å². The van der Waals surface area contributed by atoms with Gasteiger partial charge >= 0.3 is 0 Å². The summed E-state index contributed by atoms with van der Waals surface area (Å²) < 4.78 is 11.2. The number of nitrogens with one attached hydrogen (secondary N) is 1. The van der Waals surface area contributed by atoms with Crippen LogP contribution in [0.1, 0.15) is 85.5 Å². The van der Waals surface area contributed by atoms with Crippen LogP contribution in [0.15, 0.2) is 36.4 Å². The fourth-order valence-corrected chi connectivity index (χ4v) is 4.95. The molecule has 0 spiro atoms. The lowest BCUT2D eigenvalue weighted by Gasteiger charge is -2.44. The zero-order chi connectivity index (χ0) is 24.2. The minimum absolute atomic E-state index is 0.0354. The zero-order valence-electron chi connectivity index (χ0n) is 20.7. The zero-order valence-corrected chi connectivity index (χ0v) is 20.7. The summed E-state index contributed by atoms with van der Waals surface area (Å²) in [5.74, 6) is 1.47. The number of benzene rings is 2. The van der Waals surface area contributed by atoms with Crippen LogP contribution in [0.5, 0.6) is 11.5 Å². The topological polar surface area (TPSA) is 67.9 Å². The van der Waals surface area contributed by atoms with Crippen molar-refractivity contribution in [3.8, 4) is 11.5 Å². The van der Waals surface area contributed by atoms with E-state index < -0.39 is 0 Å². The number of hydrogen-bond acceptors (Lipinski definition) is 4. The third kappa shape index (κ3) is 4.91. The largest absolute Gasteiger partial charge is 0.493 e. The smallest absolute Gasteiger partial charge is 0.251 e. The van der Waals surface area contributed by atoms with Gasteiger partial charge in [0.05, 0.1) is 20.3 Å². The Morgan fingerprint density at radius 2 is 1.71 bits per heavy atom. The molecule has 2 amide bonds. The SMILES string of the molecule is CCCC[C@H]1Cc2cc(OC)c(OC)cc2[C@H](c2ccc(C(=O)NC3CC3)cc2)N1C(=O)CC. The molecule has 0 radical (unpaired) electrons. The Kier molecular flexibility index (Phi) is 7.44. The third-order valence-corrected chi connectivity index (χ3v) is 6.95. The number of ether oxygens (including phenoxy) is 2. The molecule has 6 nitrogen and oxygen atoms in total. The molecule has 2 aromatic rings. The highest BCUT2D eigenvalue weighted by Gasteiger charge is 2.38. The molecule has 4 rings (SSSR count). The standard InChI is InChI=1S/C28H36N2O4/c1-5-7-8-22-15-20-16-24(33-3)25(34-4)17-23(20)27(30(22)26(31)6-2)18-9-11-19(12-10-18)28(32)29-21-13-14-21/h9-12,16-17,21-22,27H,5-8,13-15H2,1-4H3,(H,29,32)/t22-,27-/m0/s1. The maximum absolute atomic E-state index is 13.3. The van der Waals surface area contributed by atoms with Crippen LogP contribution in [-0.4, -0.2) is 43.0 Å². The molecule has 0 aromatic heterocycles. The fraction of sp³-hybridized carbons (Fsp3) is 0.500. The van der Waals surface area contributed by atoms with Crippen LogP contribution in [0.3, 0.4) is 0 Å². The second-order valence-corrected chi connectivity index (χ2v) is 9.33. The summed E-state index contributed by atoms with van der Waals surface area (Å²) in [7, 11) is 3.28. The average Bonchev–Trinajstić information content (AvgIpc) is 3.69. The van der Waals surface area contributed by atoms with E-state index in [0.29, 0.717) is 29.5 Å².